The highest BCUT2D eigenvalue weighted by molar-refractivity contribution is 7.19. The molecule has 1 nitrogen and oxygen atoms in total. The summed E-state index contributed by atoms with van der Waals surface area (Å²) in [4.78, 5) is 1.23. The molecule has 92 valence electrons. The normalized spacial score (nSPS) is 11.3. The second-order valence-electron chi connectivity index (χ2n) is 4.15. The van der Waals surface area contributed by atoms with Crippen LogP contribution in [0.25, 0.3) is 20.7 Å². The maximum atomic E-state index is 6.00. The van der Waals surface area contributed by atoms with Crippen molar-refractivity contribution < 1.29 is 4.57 Å². The third-order valence-electron chi connectivity index (χ3n) is 3.06. The van der Waals surface area contributed by atoms with Crippen LogP contribution in [-0.2, 0) is 6.54 Å². The number of hydrogen-bond donors (Lipinski definition) is 0. The van der Waals surface area contributed by atoms with Gasteiger partial charge in [-0.1, -0.05) is 22.9 Å². The summed E-state index contributed by atoms with van der Waals surface area (Å²) in [5.74, 6) is 0. The molecular weight excluding hydrogens is 282 g/mol. The van der Waals surface area contributed by atoms with Gasteiger partial charge < -0.3 is 0 Å². The first-order valence-electron chi connectivity index (χ1n) is 5.87. The Kier molecular flexibility index (Phi) is 3.14. The quantitative estimate of drug-likeness (QED) is 0.592. The third kappa shape index (κ3) is 1.96. The molecule has 0 radical (unpaired) electrons. The topological polar surface area (TPSA) is 3.88 Å². The van der Waals surface area contributed by atoms with Crippen LogP contribution in [0, 0.1) is 6.92 Å². The minimum Gasteiger partial charge on any atom is -0.186 e. The number of fused-ring (bicyclic) bond motifs is 1. The van der Waals surface area contributed by atoms with Gasteiger partial charge in [0.2, 0.25) is 10.5 Å². The molecule has 0 N–H and O–H groups in total. The molecule has 0 atom stereocenters. The van der Waals surface area contributed by atoms with Crippen molar-refractivity contribution in [2.24, 2.45) is 0 Å². The van der Waals surface area contributed by atoms with Crippen molar-refractivity contribution in [2.45, 2.75) is 20.4 Å². The van der Waals surface area contributed by atoms with E-state index in [0.717, 1.165) is 10.9 Å². The van der Waals surface area contributed by atoms with E-state index >= 15 is 0 Å². The van der Waals surface area contributed by atoms with Gasteiger partial charge in [0.25, 0.3) is 0 Å². The lowest BCUT2D eigenvalue weighted by Gasteiger charge is -1.96. The summed E-state index contributed by atoms with van der Waals surface area (Å²) in [7, 11) is 0. The predicted molar refractivity (Wildman–Crippen MR) is 80.8 cm³/mol. The van der Waals surface area contributed by atoms with Crippen LogP contribution >= 0.6 is 34.3 Å². The van der Waals surface area contributed by atoms with Crippen LogP contribution in [0.4, 0.5) is 0 Å². The number of thiophene rings is 1. The summed E-state index contributed by atoms with van der Waals surface area (Å²) < 4.78 is 4.54. The zero-order valence-corrected chi connectivity index (χ0v) is 12.6. The van der Waals surface area contributed by atoms with E-state index < -0.39 is 0 Å². The first-order chi connectivity index (χ1) is 8.69. The van der Waals surface area contributed by atoms with Crippen LogP contribution in [0.1, 0.15) is 11.9 Å². The van der Waals surface area contributed by atoms with Gasteiger partial charge in [0.05, 0.1) is 4.34 Å². The third-order valence-corrected chi connectivity index (χ3v) is 5.41. The lowest BCUT2D eigenvalue weighted by atomic mass is 10.2. The van der Waals surface area contributed by atoms with Crippen molar-refractivity contribution in [1.29, 1.82) is 0 Å². The van der Waals surface area contributed by atoms with Gasteiger partial charge in [-0.15, -0.1) is 11.3 Å². The molecular formula is C14H13ClNS2+. The van der Waals surface area contributed by atoms with Gasteiger partial charge in [-0.2, -0.15) is 4.57 Å². The first-order valence-corrected chi connectivity index (χ1v) is 7.89. The minimum atomic E-state index is 0.844. The van der Waals surface area contributed by atoms with E-state index in [2.05, 4.69) is 42.7 Å². The molecule has 1 aromatic carbocycles. The molecule has 0 bridgehead atoms. The molecule has 0 spiro atoms. The van der Waals surface area contributed by atoms with Crippen molar-refractivity contribution in [3.05, 3.63) is 39.7 Å². The predicted octanol–water partition coefficient (Wildman–Crippen LogP) is 4.90. The standard InChI is InChI=1S/C14H13ClNS2/c1-3-16-9(2)17-13-8-10(4-5-11(13)16)12-6-7-14(15)18-12/h4-8H,3H2,1-2H3/q+1. The van der Waals surface area contributed by atoms with E-state index in [1.807, 2.05) is 17.4 Å². The Labute approximate surface area is 119 Å². The Balaban J connectivity index is 2.17. The van der Waals surface area contributed by atoms with Gasteiger partial charge in [0.1, 0.15) is 11.2 Å². The SMILES string of the molecule is CC[n+]1c(C)sc2cc(-c3ccc(Cl)s3)ccc21. The molecule has 0 aliphatic heterocycles. The van der Waals surface area contributed by atoms with Crippen LogP contribution in [-0.4, -0.2) is 0 Å². The van der Waals surface area contributed by atoms with E-state index in [1.165, 1.54) is 25.7 Å². The summed E-state index contributed by atoms with van der Waals surface area (Å²) in [5.41, 5.74) is 2.58. The minimum absolute atomic E-state index is 0.844. The van der Waals surface area contributed by atoms with Gasteiger partial charge in [0.15, 0.2) is 0 Å². The van der Waals surface area contributed by atoms with Crippen LogP contribution in [0.5, 0.6) is 0 Å². The molecule has 0 fully saturated rings. The Morgan fingerprint density at radius 3 is 2.67 bits per heavy atom. The van der Waals surface area contributed by atoms with Crippen molar-refractivity contribution >= 4 is 44.5 Å². The van der Waals surface area contributed by atoms with Gasteiger partial charge in [-0.05, 0) is 36.8 Å². The smallest absolute Gasteiger partial charge is 0.186 e. The molecule has 0 saturated heterocycles. The number of benzene rings is 1. The Morgan fingerprint density at radius 1 is 1.17 bits per heavy atom. The molecule has 0 unspecified atom stereocenters. The van der Waals surface area contributed by atoms with Crippen LogP contribution < -0.4 is 4.57 Å². The summed E-state index contributed by atoms with van der Waals surface area (Å²) >= 11 is 9.48. The molecule has 0 aliphatic carbocycles. The highest BCUT2D eigenvalue weighted by Crippen LogP contribution is 2.33. The van der Waals surface area contributed by atoms with E-state index in [0.29, 0.717) is 0 Å². The van der Waals surface area contributed by atoms with Gasteiger partial charge in [-0.3, -0.25) is 0 Å². The van der Waals surface area contributed by atoms with Crippen LogP contribution in [0.15, 0.2) is 30.3 Å². The second-order valence-corrected chi connectivity index (χ2v) is 7.10. The molecule has 18 heavy (non-hydrogen) atoms. The fourth-order valence-electron chi connectivity index (χ4n) is 2.22. The van der Waals surface area contributed by atoms with E-state index in [-0.39, 0.29) is 0 Å². The number of halogens is 1. The van der Waals surface area contributed by atoms with Crippen molar-refractivity contribution in [1.82, 2.24) is 0 Å². The molecule has 2 aromatic heterocycles. The number of thiazole rings is 1. The van der Waals surface area contributed by atoms with Gasteiger partial charge in [-0.25, -0.2) is 0 Å². The Morgan fingerprint density at radius 2 is 2.00 bits per heavy atom. The average molecular weight is 295 g/mol. The first kappa shape index (κ1) is 12.2. The molecule has 3 aromatic rings. The van der Waals surface area contributed by atoms with Gasteiger partial charge in [0, 0.05) is 17.9 Å². The number of nitrogens with zero attached hydrogens (tertiary/aromatic N) is 1. The molecule has 0 aliphatic rings. The number of aryl methyl sites for hydroxylation is 2. The summed E-state index contributed by atoms with van der Waals surface area (Å²) in [6, 6.07) is 10.7. The molecule has 3 rings (SSSR count). The maximum absolute atomic E-state index is 6.00. The molecule has 2 heterocycles. The van der Waals surface area contributed by atoms with Crippen molar-refractivity contribution in [2.75, 3.05) is 0 Å². The zero-order chi connectivity index (χ0) is 12.7. The summed E-state index contributed by atoms with van der Waals surface area (Å²) in [6.45, 7) is 5.39. The lowest BCUT2D eigenvalue weighted by Crippen LogP contribution is -2.33. The largest absolute Gasteiger partial charge is 0.235 e. The molecule has 0 saturated carbocycles. The fourth-order valence-corrected chi connectivity index (χ4v) is 4.38. The van der Waals surface area contributed by atoms with Crippen LogP contribution in [0.2, 0.25) is 4.34 Å². The fraction of sp³-hybridized carbons (Fsp3) is 0.214. The maximum Gasteiger partial charge on any atom is 0.235 e. The van der Waals surface area contributed by atoms with Crippen molar-refractivity contribution in [3.63, 3.8) is 0 Å². The highest BCUT2D eigenvalue weighted by atomic mass is 35.5. The monoisotopic (exact) mass is 294 g/mol. The second kappa shape index (κ2) is 4.65. The Hall–Kier alpha value is -0.900. The number of hydrogen-bond acceptors (Lipinski definition) is 2. The zero-order valence-electron chi connectivity index (χ0n) is 10.2. The van der Waals surface area contributed by atoms with E-state index in [4.69, 9.17) is 11.6 Å². The van der Waals surface area contributed by atoms with E-state index in [9.17, 15) is 0 Å². The average Bonchev–Trinajstić information content (AvgIpc) is 2.90. The number of rotatable bonds is 2. The summed E-state index contributed by atoms with van der Waals surface area (Å²) in [5, 5.41) is 1.36. The summed E-state index contributed by atoms with van der Waals surface area (Å²) in [6.07, 6.45) is 0. The van der Waals surface area contributed by atoms with Gasteiger partial charge >= 0.3 is 0 Å². The van der Waals surface area contributed by atoms with E-state index in [1.54, 1.807) is 11.3 Å². The van der Waals surface area contributed by atoms with Crippen molar-refractivity contribution in [3.8, 4) is 10.4 Å². The molecule has 4 heteroatoms. The molecule has 0 amide bonds. The van der Waals surface area contributed by atoms with Crippen LogP contribution in [0.3, 0.4) is 0 Å². The lowest BCUT2D eigenvalue weighted by molar-refractivity contribution is -0.669. The Bertz CT molecular complexity index is 712. The highest BCUT2D eigenvalue weighted by Gasteiger charge is 2.15. The number of aromatic nitrogens is 1.